The molecule has 1 fully saturated rings. The molecule has 0 spiro atoms. The number of ether oxygens (including phenoxy) is 2. The number of nitrogens with zero attached hydrogens (tertiary/aromatic N) is 2. The second-order valence-corrected chi connectivity index (χ2v) is 7.28. The molecule has 0 aliphatic carbocycles. The lowest BCUT2D eigenvalue weighted by Crippen LogP contribution is -2.50. The Bertz CT molecular complexity index is 917. The van der Waals surface area contributed by atoms with E-state index < -0.39 is 0 Å². The number of anilines is 1. The van der Waals surface area contributed by atoms with Gasteiger partial charge in [0.2, 0.25) is 0 Å². The minimum absolute atomic E-state index is 0.0804. The Morgan fingerprint density at radius 3 is 2.43 bits per heavy atom. The molecule has 0 N–H and O–H groups in total. The molecular weight excluding hydrogens is 352 g/mol. The highest BCUT2D eigenvalue weighted by atomic mass is 16.6. The number of piperazine rings is 1. The van der Waals surface area contributed by atoms with Gasteiger partial charge in [-0.05, 0) is 36.4 Å². The summed E-state index contributed by atoms with van der Waals surface area (Å²) < 4.78 is 17.6. The maximum Gasteiger partial charge on any atom is 0.161 e. The zero-order valence-corrected chi connectivity index (χ0v) is 15.8. The van der Waals surface area contributed by atoms with Crippen LogP contribution in [0.3, 0.4) is 0 Å². The van der Waals surface area contributed by atoms with Crippen LogP contribution in [0.4, 0.5) is 5.69 Å². The van der Waals surface area contributed by atoms with E-state index in [9.17, 15) is 0 Å². The summed E-state index contributed by atoms with van der Waals surface area (Å²) in [5.74, 6) is 2.62. The largest absolute Gasteiger partial charge is 0.486 e. The summed E-state index contributed by atoms with van der Waals surface area (Å²) in [7, 11) is 0. The molecule has 3 aromatic rings. The highest BCUT2D eigenvalue weighted by Gasteiger charge is 2.26. The van der Waals surface area contributed by atoms with Crippen LogP contribution in [0.15, 0.2) is 71.3 Å². The van der Waals surface area contributed by atoms with Crippen molar-refractivity contribution in [3.05, 3.63) is 66.9 Å². The van der Waals surface area contributed by atoms with Crippen molar-refractivity contribution in [3.63, 3.8) is 0 Å². The van der Waals surface area contributed by atoms with Crippen molar-refractivity contribution in [2.75, 3.05) is 44.2 Å². The lowest BCUT2D eigenvalue weighted by atomic mass is 10.1. The Hall–Kier alpha value is -2.92. The maximum absolute atomic E-state index is 6.12. The van der Waals surface area contributed by atoms with Gasteiger partial charge in [0.05, 0.1) is 6.26 Å². The zero-order valence-electron chi connectivity index (χ0n) is 15.8. The molecule has 1 saturated heterocycles. The molecule has 0 bridgehead atoms. The fourth-order valence-electron chi connectivity index (χ4n) is 4.00. The molecule has 3 heterocycles. The Balaban J connectivity index is 1.21. The van der Waals surface area contributed by atoms with Crippen LogP contribution in [0.1, 0.15) is 0 Å². The number of rotatable bonds is 4. The summed E-state index contributed by atoms with van der Waals surface area (Å²) in [5, 5.41) is 0. The Kier molecular flexibility index (Phi) is 4.67. The quantitative estimate of drug-likeness (QED) is 0.690. The van der Waals surface area contributed by atoms with E-state index in [0.717, 1.165) is 55.5 Å². The average molecular weight is 376 g/mol. The van der Waals surface area contributed by atoms with Crippen LogP contribution in [0.5, 0.6) is 11.5 Å². The third-order valence-electron chi connectivity index (χ3n) is 5.43. The number of furan rings is 1. The average Bonchev–Trinajstić information content (AvgIpc) is 3.29. The van der Waals surface area contributed by atoms with E-state index in [-0.39, 0.29) is 6.10 Å². The fraction of sp³-hybridized carbons (Fsp3) is 0.304. The Morgan fingerprint density at radius 1 is 0.821 bits per heavy atom. The van der Waals surface area contributed by atoms with Gasteiger partial charge >= 0.3 is 0 Å². The molecule has 2 aliphatic heterocycles. The zero-order chi connectivity index (χ0) is 18.8. The lowest BCUT2D eigenvalue weighted by Gasteiger charge is -2.38. The van der Waals surface area contributed by atoms with Crippen molar-refractivity contribution in [2.24, 2.45) is 0 Å². The van der Waals surface area contributed by atoms with Crippen molar-refractivity contribution in [1.82, 2.24) is 4.90 Å². The molecular formula is C23H24N2O3. The standard InChI is InChI=1S/C23H24N2O3/c1-2-7-20(19(6-1)21-10-5-15-26-21)25-13-11-24(12-14-25)16-18-17-27-22-8-3-4-9-23(22)28-18/h1-10,15,18H,11-14,16-17H2/t18-/m0/s1. The van der Waals surface area contributed by atoms with E-state index in [1.54, 1.807) is 6.26 Å². The van der Waals surface area contributed by atoms with Crippen molar-refractivity contribution >= 4 is 5.69 Å². The summed E-state index contributed by atoms with van der Waals surface area (Å²) in [6.45, 7) is 5.49. The van der Waals surface area contributed by atoms with E-state index in [0.29, 0.717) is 6.61 Å². The predicted molar refractivity (Wildman–Crippen MR) is 109 cm³/mol. The summed E-state index contributed by atoms with van der Waals surface area (Å²) in [6.07, 6.45) is 1.81. The molecule has 144 valence electrons. The van der Waals surface area contributed by atoms with Gasteiger partial charge in [0, 0.05) is 44.0 Å². The highest BCUT2D eigenvalue weighted by Crippen LogP contribution is 2.33. The molecule has 2 aromatic carbocycles. The van der Waals surface area contributed by atoms with E-state index in [1.165, 1.54) is 5.69 Å². The van der Waals surface area contributed by atoms with Crippen LogP contribution in [0, 0.1) is 0 Å². The molecule has 5 nitrogen and oxygen atoms in total. The summed E-state index contributed by atoms with van der Waals surface area (Å²) in [4.78, 5) is 4.91. The molecule has 0 radical (unpaired) electrons. The third kappa shape index (κ3) is 3.45. The van der Waals surface area contributed by atoms with Crippen LogP contribution < -0.4 is 14.4 Å². The van der Waals surface area contributed by atoms with Gasteiger partial charge in [0.15, 0.2) is 11.5 Å². The SMILES string of the molecule is c1coc(-c2ccccc2N2CCN(C[C@H]3COc4ccccc4O3)CC2)c1. The van der Waals surface area contributed by atoms with Gasteiger partial charge in [-0.15, -0.1) is 0 Å². The van der Waals surface area contributed by atoms with Crippen LogP contribution in [-0.4, -0.2) is 50.3 Å². The van der Waals surface area contributed by atoms with Crippen molar-refractivity contribution < 1.29 is 13.9 Å². The van der Waals surface area contributed by atoms with E-state index in [2.05, 4.69) is 34.1 Å². The molecule has 28 heavy (non-hydrogen) atoms. The molecule has 1 atom stereocenters. The summed E-state index contributed by atoms with van der Waals surface area (Å²) in [5.41, 5.74) is 2.39. The first-order valence-corrected chi connectivity index (χ1v) is 9.85. The second-order valence-electron chi connectivity index (χ2n) is 7.28. The number of fused-ring (bicyclic) bond motifs is 1. The number of para-hydroxylation sites is 3. The van der Waals surface area contributed by atoms with Crippen molar-refractivity contribution in [3.8, 4) is 22.8 Å². The number of hydrogen-bond donors (Lipinski definition) is 0. The van der Waals surface area contributed by atoms with Crippen molar-refractivity contribution in [2.45, 2.75) is 6.10 Å². The first-order valence-electron chi connectivity index (χ1n) is 9.85. The van der Waals surface area contributed by atoms with Gasteiger partial charge in [-0.3, -0.25) is 4.90 Å². The van der Waals surface area contributed by atoms with Gasteiger partial charge in [0.1, 0.15) is 18.5 Å². The summed E-state index contributed by atoms with van der Waals surface area (Å²) in [6, 6.07) is 20.3. The van der Waals surface area contributed by atoms with Crippen LogP contribution in [-0.2, 0) is 0 Å². The van der Waals surface area contributed by atoms with Gasteiger partial charge in [-0.25, -0.2) is 0 Å². The van der Waals surface area contributed by atoms with Crippen LogP contribution in [0.2, 0.25) is 0 Å². The molecule has 0 saturated carbocycles. The molecule has 5 rings (SSSR count). The maximum atomic E-state index is 6.12. The van der Waals surface area contributed by atoms with Crippen LogP contribution >= 0.6 is 0 Å². The highest BCUT2D eigenvalue weighted by molar-refractivity contribution is 5.75. The van der Waals surface area contributed by atoms with Gasteiger partial charge in [-0.1, -0.05) is 24.3 Å². The molecule has 5 heteroatoms. The molecule has 0 unspecified atom stereocenters. The Morgan fingerprint density at radius 2 is 1.61 bits per heavy atom. The first kappa shape index (κ1) is 17.2. The molecule has 1 aromatic heterocycles. The third-order valence-corrected chi connectivity index (χ3v) is 5.43. The van der Waals surface area contributed by atoms with E-state index in [4.69, 9.17) is 13.9 Å². The normalized spacial score (nSPS) is 19.6. The first-order chi connectivity index (χ1) is 13.9. The Labute approximate surface area is 165 Å². The lowest BCUT2D eigenvalue weighted by molar-refractivity contribution is 0.0571. The number of benzene rings is 2. The van der Waals surface area contributed by atoms with Gasteiger partial charge in [-0.2, -0.15) is 0 Å². The van der Waals surface area contributed by atoms with E-state index >= 15 is 0 Å². The second kappa shape index (κ2) is 7.60. The topological polar surface area (TPSA) is 38.1 Å². The monoisotopic (exact) mass is 376 g/mol. The number of hydrogen-bond acceptors (Lipinski definition) is 5. The van der Waals surface area contributed by atoms with Gasteiger partial charge in [0.25, 0.3) is 0 Å². The van der Waals surface area contributed by atoms with Crippen LogP contribution in [0.25, 0.3) is 11.3 Å². The fourth-order valence-corrected chi connectivity index (χ4v) is 4.00. The molecule has 0 amide bonds. The van der Waals surface area contributed by atoms with E-state index in [1.807, 2.05) is 36.4 Å². The molecule has 2 aliphatic rings. The predicted octanol–water partition coefficient (Wildman–Crippen LogP) is 3.91. The van der Waals surface area contributed by atoms with Crippen molar-refractivity contribution in [1.29, 1.82) is 0 Å². The summed E-state index contributed by atoms with van der Waals surface area (Å²) >= 11 is 0. The minimum Gasteiger partial charge on any atom is -0.486 e. The smallest absolute Gasteiger partial charge is 0.161 e. The minimum atomic E-state index is 0.0804. The van der Waals surface area contributed by atoms with Gasteiger partial charge < -0.3 is 18.8 Å².